The van der Waals surface area contributed by atoms with Crippen LogP contribution in [0.25, 0.3) is 17.4 Å². The van der Waals surface area contributed by atoms with Gasteiger partial charge in [-0.05, 0) is 24.3 Å². The van der Waals surface area contributed by atoms with Gasteiger partial charge in [-0.25, -0.2) is 4.79 Å². The molecular formula is C15H12ClNO4. The number of aliphatic carboxylic acids is 1. The van der Waals surface area contributed by atoms with Crippen LogP contribution >= 0.6 is 11.6 Å². The molecule has 1 amide bonds. The van der Waals surface area contributed by atoms with Crippen molar-refractivity contribution in [1.82, 2.24) is 5.32 Å². The lowest BCUT2D eigenvalue weighted by molar-refractivity contribution is -0.134. The van der Waals surface area contributed by atoms with Crippen LogP contribution < -0.4 is 5.32 Å². The zero-order valence-corrected chi connectivity index (χ0v) is 11.8. The number of nitrogens with one attached hydrogen (secondary N) is 1. The summed E-state index contributed by atoms with van der Waals surface area (Å²) in [5, 5.41) is 11.8. The monoisotopic (exact) mass is 305 g/mol. The van der Waals surface area contributed by atoms with Gasteiger partial charge in [0.1, 0.15) is 17.2 Å². The Morgan fingerprint density at radius 1 is 1.24 bits per heavy atom. The molecule has 0 unspecified atom stereocenters. The number of hydrogen-bond acceptors (Lipinski definition) is 3. The second kappa shape index (κ2) is 6.28. The fourth-order valence-corrected chi connectivity index (χ4v) is 1.95. The van der Waals surface area contributed by atoms with E-state index in [9.17, 15) is 9.59 Å². The lowest BCUT2D eigenvalue weighted by Gasteiger charge is -2.01. The maximum absolute atomic E-state index is 11.0. The molecule has 108 valence electrons. The minimum atomic E-state index is -1.25. The maximum atomic E-state index is 11.0. The molecule has 5 nitrogen and oxygen atoms in total. The Balaban J connectivity index is 2.33. The van der Waals surface area contributed by atoms with Crippen molar-refractivity contribution in [2.45, 2.75) is 6.92 Å². The summed E-state index contributed by atoms with van der Waals surface area (Å²) in [6.45, 7) is 1.23. The number of benzene rings is 1. The van der Waals surface area contributed by atoms with Crippen molar-refractivity contribution in [3.8, 4) is 11.3 Å². The molecule has 21 heavy (non-hydrogen) atoms. The first-order valence-corrected chi connectivity index (χ1v) is 6.42. The van der Waals surface area contributed by atoms with E-state index in [2.05, 4.69) is 5.32 Å². The van der Waals surface area contributed by atoms with E-state index in [-0.39, 0.29) is 5.70 Å². The van der Waals surface area contributed by atoms with Gasteiger partial charge >= 0.3 is 5.97 Å². The molecule has 0 spiro atoms. The van der Waals surface area contributed by atoms with E-state index in [1.54, 1.807) is 30.3 Å². The number of carbonyl (C=O) groups excluding carboxylic acids is 1. The van der Waals surface area contributed by atoms with Gasteiger partial charge in [-0.1, -0.05) is 23.7 Å². The van der Waals surface area contributed by atoms with Crippen LogP contribution in [0.5, 0.6) is 0 Å². The molecule has 0 atom stereocenters. The van der Waals surface area contributed by atoms with E-state index >= 15 is 0 Å². The van der Waals surface area contributed by atoms with Gasteiger partial charge in [-0.3, -0.25) is 4.79 Å². The summed E-state index contributed by atoms with van der Waals surface area (Å²) in [5.41, 5.74) is 0.442. The zero-order valence-electron chi connectivity index (χ0n) is 11.1. The van der Waals surface area contributed by atoms with Crippen molar-refractivity contribution >= 4 is 29.6 Å². The van der Waals surface area contributed by atoms with E-state index in [0.717, 1.165) is 0 Å². The number of amides is 1. The van der Waals surface area contributed by atoms with Gasteiger partial charge in [-0.15, -0.1) is 0 Å². The first-order valence-electron chi connectivity index (χ1n) is 6.04. The van der Waals surface area contributed by atoms with Crippen molar-refractivity contribution in [1.29, 1.82) is 0 Å². The smallest absolute Gasteiger partial charge is 0.352 e. The molecule has 0 aliphatic heterocycles. The number of furan rings is 1. The highest BCUT2D eigenvalue weighted by Gasteiger charge is 2.12. The number of rotatable bonds is 4. The third-order valence-electron chi connectivity index (χ3n) is 2.59. The number of hydrogen-bond donors (Lipinski definition) is 2. The van der Waals surface area contributed by atoms with E-state index in [1.165, 1.54) is 13.0 Å². The van der Waals surface area contributed by atoms with Gasteiger partial charge in [0.25, 0.3) is 0 Å². The molecule has 0 saturated carbocycles. The highest BCUT2D eigenvalue weighted by molar-refractivity contribution is 6.33. The van der Waals surface area contributed by atoms with Crippen LogP contribution in [0.15, 0.2) is 46.5 Å². The van der Waals surface area contributed by atoms with Gasteiger partial charge in [0.15, 0.2) is 0 Å². The summed E-state index contributed by atoms with van der Waals surface area (Å²) in [4.78, 5) is 22.0. The van der Waals surface area contributed by atoms with E-state index < -0.39 is 11.9 Å². The fourth-order valence-electron chi connectivity index (χ4n) is 1.72. The second-order valence-electron chi connectivity index (χ2n) is 4.23. The van der Waals surface area contributed by atoms with Gasteiger partial charge in [0.05, 0.1) is 5.02 Å². The molecule has 0 bridgehead atoms. The van der Waals surface area contributed by atoms with Crippen molar-refractivity contribution in [3.05, 3.63) is 52.9 Å². The summed E-state index contributed by atoms with van der Waals surface area (Å²) in [6.07, 6.45) is 1.24. The molecular weight excluding hydrogens is 294 g/mol. The van der Waals surface area contributed by atoms with Crippen LogP contribution in [-0.4, -0.2) is 17.0 Å². The molecule has 2 N–H and O–H groups in total. The number of carbonyl (C=O) groups is 2. The van der Waals surface area contributed by atoms with Crippen LogP contribution in [0, 0.1) is 0 Å². The van der Waals surface area contributed by atoms with Crippen LogP contribution in [0.2, 0.25) is 5.02 Å². The van der Waals surface area contributed by atoms with Gasteiger partial charge < -0.3 is 14.8 Å². The Bertz CT molecular complexity index is 718. The maximum Gasteiger partial charge on any atom is 0.352 e. The Hall–Kier alpha value is -2.53. The topological polar surface area (TPSA) is 79.5 Å². The summed E-state index contributed by atoms with van der Waals surface area (Å²) in [6, 6.07) is 10.4. The third kappa shape index (κ3) is 3.73. The van der Waals surface area contributed by atoms with Gasteiger partial charge in [-0.2, -0.15) is 0 Å². The number of carboxylic acids is 1. The van der Waals surface area contributed by atoms with Crippen LogP contribution in [-0.2, 0) is 9.59 Å². The van der Waals surface area contributed by atoms with E-state index in [4.69, 9.17) is 21.1 Å². The highest BCUT2D eigenvalue weighted by atomic mass is 35.5. The minimum Gasteiger partial charge on any atom is -0.477 e. The molecule has 0 saturated heterocycles. The summed E-state index contributed by atoms with van der Waals surface area (Å²) < 4.78 is 5.54. The lowest BCUT2D eigenvalue weighted by atomic mass is 10.2. The molecule has 1 heterocycles. The molecule has 6 heteroatoms. The largest absolute Gasteiger partial charge is 0.477 e. The quantitative estimate of drug-likeness (QED) is 0.850. The minimum absolute atomic E-state index is 0.262. The Labute approximate surface area is 125 Å². The van der Waals surface area contributed by atoms with Crippen molar-refractivity contribution < 1.29 is 19.1 Å². The lowest BCUT2D eigenvalue weighted by Crippen LogP contribution is -2.24. The molecule has 0 fully saturated rings. The SMILES string of the molecule is CC(=O)NC(=Cc1ccc(-c2ccccc2Cl)o1)C(=O)O. The Morgan fingerprint density at radius 2 is 1.95 bits per heavy atom. The normalized spacial score (nSPS) is 11.2. The molecule has 0 radical (unpaired) electrons. The standard InChI is InChI=1S/C15H12ClNO4/c1-9(18)17-13(15(19)20)8-10-6-7-14(21-10)11-4-2-3-5-12(11)16/h2-8H,1H3,(H,17,18)(H,19,20). The molecule has 1 aromatic heterocycles. The summed E-state index contributed by atoms with van der Waals surface area (Å²) in [7, 11) is 0. The van der Waals surface area contributed by atoms with Crippen LogP contribution in [0.1, 0.15) is 12.7 Å². The predicted molar refractivity (Wildman–Crippen MR) is 78.6 cm³/mol. The molecule has 2 rings (SSSR count). The average Bonchev–Trinajstić information content (AvgIpc) is 2.86. The van der Waals surface area contributed by atoms with Crippen LogP contribution in [0.4, 0.5) is 0 Å². The first kappa shape index (κ1) is 14.9. The Morgan fingerprint density at radius 3 is 2.57 bits per heavy atom. The third-order valence-corrected chi connectivity index (χ3v) is 2.92. The molecule has 0 aliphatic carbocycles. The summed E-state index contributed by atoms with van der Waals surface area (Å²) in [5.74, 6) is -0.905. The van der Waals surface area contributed by atoms with Crippen molar-refractivity contribution in [3.63, 3.8) is 0 Å². The predicted octanol–water partition coefficient (Wildman–Crippen LogP) is 3.16. The first-order chi connectivity index (χ1) is 9.97. The molecule has 2 aromatic rings. The number of halogens is 1. The second-order valence-corrected chi connectivity index (χ2v) is 4.63. The molecule has 0 aliphatic rings. The van der Waals surface area contributed by atoms with Crippen molar-refractivity contribution in [2.75, 3.05) is 0 Å². The Kier molecular flexibility index (Phi) is 4.45. The van der Waals surface area contributed by atoms with E-state index in [1.807, 2.05) is 6.07 Å². The van der Waals surface area contributed by atoms with E-state index in [0.29, 0.717) is 22.1 Å². The molecule has 1 aromatic carbocycles. The average molecular weight is 306 g/mol. The fraction of sp³-hybridized carbons (Fsp3) is 0.0667. The number of carboxylic acid groups (broad SMARTS) is 1. The van der Waals surface area contributed by atoms with Gasteiger partial charge in [0, 0.05) is 18.6 Å². The van der Waals surface area contributed by atoms with Crippen molar-refractivity contribution in [2.24, 2.45) is 0 Å². The van der Waals surface area contributed by atoms with Crippen LogP contribution in [0.3, 0.4) is 0 Å². The highest BCUT2D eigenvalue weighted by Crippen LogP contribution is 2.29. The summed E-state index contributed by atoms with van der Waals surface area (Å²) >= 11 is 6.07. The van der Waals surface area contributed by atoms with Gasteiger partial charge in [0.2, 0.25) is 5.91 Å². The zero-order chi connectivity index (χ0) is 15.4.